The second kappa shape index (κ2) is 6.02. The number of anilines is 1. The van der Waals surface area contributed by atoms with E-state index in [-0.39, 0.29) is 5.91 Å². The quantitative estimate of drug-likeness (QED) is 0.633. The zero-order valence-electron chi connectivity index (χ0n) is 10.2. The number of rotatable bonds is 3. The van der Waals surface area contributed by atoms with Gasteiger partial charge in [0.1, 0.15) is 0 Å². The molecule has 2 aromatic heterocycles. The van der Waals surface area contributed by atoms with Crippen LogP contribution in [0.15, 0.2) is 47.2 Å². The standard InChI is InChI=1S/C14H9IN2OS2/c15-10-5-3-9(4-6-10)13(18)17-14-16-11(8-20-14)12-2-1-7-19-12/h1-8H,(H,16,17,18). The molecule has 0 aliphatic heterocycles. The van der Waals surface area contributed by atoms with Crippen LogP contribution in [0, 0.1) is 3.57 Å². The highest BCUT2D eigenvalue weighted by Gasteiger charge is 2.10. The van der Waals surface area contributed by atoms with Gasteiger partial charge in [0.25, 0.3) is 5.91 Å². The van der Waals surface area contributed by atoms with E-state index in [0.29, 0.717) is 10.7 Å². The number of carbonyl (C=O) groups is 1. The molecule has 0 fully saturated rings. The van der Waals surface area contributed by atoms with Crippen LogP contribution in [0.5, 0.6) is 0 Å². The highest BCUT2D eigenvalue weighted by molar-refractivity contribution is 14.1. The van der Waals surface area contributed by atoms with Crippen LogP contribution in [-0.4, -0.2) is 10.9 Å². The molecule has 0 atom stereocenters. The van der Waals surface area contributed by atoms with E-state index in [4.69, 9.17) is 0 Å². The van der Waals surface area contributed by atoms with E-state index in [0.717, 1.165) is 14.1 Å². The van der Waals surface area contributed by atoms with E-state index in [1.165, 1.54) is 11.3 Å². The Labute approximate surface area is 137 Å². The van der Waals surface area contributed by atoms with Gasteiger partial charge in [-0.25, -0.2) is 4.98 Å². The van der Waals surface area contributed by atoms with E-state index in [9.17, 15) is 4.79 Å². The third-order valence-corrected chi connectivity index (χ3v) is 4.97. The fourth-order valence-corrected chi connectivity index (χ4v) is 3.47. The third kappa shape index (κ3) is 3.08. The summed E-state index contributed by atoms with van der Waals surface area (Å²) >= 11 is 5.28. The first kappa shape index (κ1) is 13.7. The van der Waals surface area contributed by atoms with Crippen LogP contribution >= 0.6 is 45.3 Å². The summed E-state index contributed by atoms with van der Waals surface area (Å²) in [7, 11) is 0. The summed E-state index contributed by atoms with van der Waals surface area (Å²) in [5, 5.41) is 7.42. The van der Waals surface area contributed by atoms with Gasteiger partial charge < -0.3 is 0 Å². The van der Waals surface area contributed by atoms with E-state index in [1.807, 2.05) is 47.2 Å². The normalized spacial score (nSPS) is 10.4. The molecule has 6 heteroatoms. The van der Waals surface area contributed by atoms with Crippen molar-refractivity contribution in [1.82, 2.24) is 4.98 Å². The smallest absolute Gasteiger partial charge is 0.257 e. The number of hydrogen-bond acceptors (Lipinski definition) is 4. The summed E-state index contributed by atoms with van der Waals surface area (Å²) in [6.45, 7) is 0. The van der Waals surface area contributed by atoms with Gasteiger partial charge in [0.2, 0.25) is 0 Å². The molecule has 0 spiro atoms. The van der Waals surface area contributed by atoms with E-state index >= 15 is 0 Å². The van der Waals surface area contributed by atoms with Gasteiger partial charge in [-0.3, -0.25) is 10.1 Å². The first-order chi connectivity index (χ1) is 9.72. The van der Waals surface area contributed by atoms with Crippen molar-refractivity contribution in [3.63, 3.8) is 0 Å². The fourth-order valence-electron chi connectivity index (χ4n) is 1.64. The SMILES string of the molecule is O=C(Nc1nc(-c2cccs2)cs1)c1ccc(I)cc1. The van der Waals surface area contributed by atoms with Crippen LogP contribution in [0.25, 0.3) is 10.6 Å². The lowest BCUT2D eigenvalue weighted by molar-refractivity contribution is 0.102. The molecule has 3 nitrogen and oxygen atoms in total. The Morgan fingerprint density at radius 2 is 1.95 bits per heavy atom. The Morgan fingerprint density at radius 3 is 2.65 bits per heavy atom. The Morgan fingerprint density at radius 1 is 1.15 bits per heavy atom. The summed E-state index contributed by atoms with van der Waals surface area (Å²) in [4.78, 5) is 17.6. The van der Waals surface area contributed by atoms with Crippen molar-refractivity contribution in [2.75, 3.05) is 5.32 Å². The molecule has 0 radical (unpaired) electrons. The van der Waals surface area contributed by atoms with Gasteiger partial charge in [-0.1, -0.05) is 6.07 Å². The third-order valence-electron chi connectivity index (χ3n) is 2.60. The number of amides is 1. The Hall–Kier alpha value is -1.25. The summed E-state index contributed by atoms with van der Waals surface area (Å²) < 4.78 is 1.10. The average Bonchev–Trinajstić information content (AvgIpc) is 3.09. The lowest BCUT2D eigenvalue weighted by atomic mass is 10.2. The number of carbonyl (C=O) groups excluding carboxylic acids is 1. The van der Waals surface area contributed by atoms with Crippen molar-refractivity contribution in [2.45, 2.75) is 0 Å². The molecule has 1 N–H and O–H groups in total. The van der Waals surface area contributed by atoms with Crippen molar-refractivity contribution in [1.29, 1.82) is 0 Å². The molecule has 0 aliphatic rings. The highest BCUT2D eigenvalue weighted by atomic mass is 127. The number of aromatic nitrogens is 1. The van der Waals surface area contributed by atoms with E-state index in [1.54, 1.807) is 11.3 Å². The lowest BCUT2D eigenvalue weighted by Crippen LogP contribution is -2.11. The minimum absolute atomic E-state index is 0.131. The number of halogens is 1. The number of nitrogens with zero attached hydrogens (tertiary/aromatic N) is 1. The molecule has 3 rings (SSSR count). The number of thiophene rings is 1. The van der Waals surface area contributed by atoms with Crippen molar-refractivity contribution in [3.8, 4) is 10.6 Å². The van der Waals surface area contributed by atoms with E-state index in [2.05, 4.69) is 32.9 Å². The van der Waals surface area contributed by atoms with E-state index < -0.39 is 0 Å². The first-order valence-electron chi connectivity index (χ1n) is 5.79. The second-order valence-corrected chi connectivity index (χ2v) is 7.03. The van der Waals surface area contributed by atoms with Crippen molar-refractivity contribution in [3.05, 3.63) is 56.3 Å². The van der Waals surface area contributed by atoms with Crippen molar-refractivity contribution >= 4 is 56.3 Å². The average molecular weight is 412 g/mol. The van der Waals surface area contributed by atoms with Gasteiger partial charge in [-0.2, -0.15) is 0 Å². The largest absolute Gasteiger partial charge is 0.298 e. The molecule has 0 saturated heterocycles. The highest BCUT2D eigenvalue weighted by Crippen LogP contribution is 2.28. The molecule has 0 unspecified atom stereocenters. The summed E-state index contributed by atoms with van der Waals surface area (Å²) in [5.41, 5.74) is 1.54. The number of thiazole rings is 1. The molecule has 1 aromatic carbocycles. The predicted molar refractivity (Wildman–Crippen MR) is 92.5 cm³/mol. The fraction of sp³-hybridized carbons (Fsp3) is 0. The van der Waals surface area contributed by atoms with Crippen molar-refractivity contribution in [2.24, 2.45) is 0 Å². The van der Waals surface area contributed by atoms with Crippen molar-refractivity contribution < 1.29 is 4.79 Å². The molecule has 3 aromatic rings. The van der Waals surface area contributed by atoms with Crippen LogP contribution in [-0.2, 0) is 0 Å². The molecule has 1 amide bonds. The van der Waals surface area contributed by atoms with Gasteiger partial charge >= 0.3 is 0 Å². The molecular weight excluding hydrogens is 403 g/mol. The zero-order valence-corrected chi connectivity index (χ0v) is 14.0. The number of hydrogen-bond donors (Lipinski definition) is 1. The molecule has 20 heavy (non-hydrogen) atoms. The Bertz CT molecular complexity index is 720. The monoisotopic (exact) mass is 412 g/mol. The molecular formula is C14H9IN2OS2. The lowest BCUT2D eigenvalue weighted by Gasteiger charge is -2.01. The molecule has 0 saturated carbocycles. The van der Waals surface area contributed by atoms with Crippen LogP contribution in [0.1, 0.15) is 10.4 Å². The minimum atomic E-state index is -0.131. The maximum absolute atomic E-state index is 12.1. The molecule has 100 valence electrons. The Balaban J connectivity index is 1.75. The first-order valence-corrected chi connectivity index (χ1v) is 8.62. The maximum Gasteiger partial charge on any atom is 0.257 e. The van der Waals surface area contributed by atoms with Gasteiger partial charge in [-0.15, -0.1) is 22.7 Å². The van der Waals surface area contributed by atoms with Gasteiger partial charge in [0.15, 0.2) is 5.13 Å². The summed E-state index contributed by atoms with van der Waals surface area (Å²) in [5.74, 6) is -0.131. The van der Waals surface area contributed by atoms with Gasteiger partial charge in [0.05, 0.1) is 10.6 Å². The zero-order chi connectivity index (χ0) is 13.9. The number of nitrogens with one attached hydrogen (secondary N) is 1. The van der Waals surface area contributed by atoms with Gasteiger partial charge in [0, 0.05) is 14.5 Å². The Kier molecular flexibility index (Phi) is 4.13. The predicted octanol–water partition coefficient (Wildman–Crippen LogP) is 4.73. The van der Waals surface area contributed by atoms with Gasteiger partial charge in [-0.05, 0) is 58.3 Å². The minimum Gasteiger partial charge on any atom is -0.298 e. The maximum atomic E-state index is 12.1. The molecule has 0 aliphatic carbocycles. The summed E-state index contributed by atoms with van der Waals surface area (Å²) in [6.07, 6.45) is 0. The molecule has 2 heterocycles. The summed E-state index contributed by atoms with van der Waals surface area (Å²) in [6, 6.07) is 11.5. The van der Waals surface area contributed by atoms with Crippen LogP contribution in [0.3, 0.4) is 0 Å². The topological polar surface area (TPSA) is 42.0 Å². The second-order valence-electron chi connectivity index (χ2n) is 3.98. The van der Waals surface area contributed by atoms with Crippen LogP contribution in [0.2, 0.25) is 0 Å². The molecule has 0 bridgehead atoms. The number of benzene rings is 1. The van der Waals surface area contributed by atoms with Crippen LogP contribution in [0.4, 0.5) is 5.13 Å². The van der Waals surface area contributed by atoms with Crippen LogP contribution < -0.4 is 5.32 Å².